The minimum Gasteiger partial charge on any atom is -0.478 e. The molecule has 0 atom stereocenters. The first kappa shape index (κ1) is 16.5. The lowest BCUT2D eigenvalue weighted by molar-refractivity contribution is 0.0697. The molecule has 7 heteroatoms. The van der Waals surface area contributed by atoms with Gasteiger partial charge in [0.15, 0.2) is 0 Å². The van der Waals surface area contributed by atoms with Gasteiger partial charge in [-0.15, -0.1) is 0 Å². The van der Waals surface area contributed by atoms with E-state index in [9.17, 15) is 18.3 Å². The lowest BCUT2D eigenvalue weighted by Crippen LogP contribution is -2.31. The third kappa shape index (κ3) is 4.21. The normalized spacial score (nSPS) is 12.2. The third-order valence-corrected chi connectivity index (χ3v) is 3.81. The van der Waals surface area contributed by atoms with Gasteiger partial charge < -0.3 is 10.4 Å². The van der Waals surface area contributed by atoms with Gasteiger partial charge >= 0.3 is 5.97 Å². The number of carbonyl (C=O) groups is 1. The highest BCUT2D eigenvalue weighted by Gasteiger charge is 2.21. The largest absolute Gasteiger partial charge is 0.478 e. The summed E-state index contributed by atoms with van der Waals surface area (Å²) in [6.45, 7) is 5.94. The van der Waals surface area contributed by atoms with Gasteiger partial charge in [0.1, 0.15) is 0 Å². The molecule has 1 aromatic carbocycles. The van der Waals surface area contributed by atoms with Crippen LogP contribution in [0.1, 0.15) is 44.0 Å². The van der Waals surface area contributed by atoms with E-state index < -0.39 is 16.0 Å². The van der Waals surface area contributed by atoms with E-state index in [1.807, 2.05) is 20.8 Å². The molecule has 0 aliphatic carbocycles. The number of carboxylic acids is 1. The number of primary sulfonamides is 1. The number of aromatic carboxylic acids is 1. The minimum atomic E-state index is -3.92. The fourth-order valence-electron chi connectivity index (χ4n) is 2.04. The average Bonchev–Trinajstić information content (AvgIpc) is 2.26. The molecule has 0 aliphatic heterocycles. The van der Waals surface area contributed by atoms with Gasteiger partial charge in [0, 0.05) is 11.2 Å². The van der Waals surface area contributed by atoms with Gasteiger partial charge in [-0.25, -0.2) is 18.4 Å². The lowest BCUT2D eigenvalue weighted by atomic mass is 9.97. The third-order valence-electron chi connectivity index (χ3n) is 2.90. The maximum absolute atomic E-state index is 11.3. The van der Waals surface area contributed by atoms with Crippen LogP contribution in [0.15, 0.2) is 23.1 Å². The Hall–Kier alpha value is -1.60. The molecule has 4 N–H and O–H groups in total. The van der Waals surface area contributed by atoms with Crippen molar-refractivity contribution in [2.75, 3.05) is 5.32 Å². The van der Waals surface area contributed by atoms with Gasteiger partial charge in [-0.05, 0) is 38.5 Å². The quantitative estimate of drug-likeness (QED) is 0.744. The Morgan fingerprint density at radius 2 is 2.00 bits per heavy atom. The Morgan fingerprint density at radius 1 is 1.40 bits per heavy atom. The van der Waals surface area contributed by atoms with Gasteiger partial charge in [-0.2, -0.15) is 0 Å². The zero-order valence-corrected chi connectivity index (χ0v) is 12.6. The summed E-state index contributed by atoms with van der Waals surface area (Å²) in [4.78, 5) is 11.1. The van der Waals surface area contributed by atoms with Crippen LogP contribution >= 0.6 is 0 Å². The van der Waals surface area contributed by atoms with Crippen molar-refractivity contribution in [2.24, 2.45) is 5.14 Å². The van der Waals surface area contributed by atoms with E-state index >= 15 is 0 Å². The number of hydrogen-bond donors (Lipinski definition) is 3. The molecule has 112 valence electrons. The highest BCUT2D eigenvalue weighted by atomic mass is 32.2. The maximum atomic E-state index is 11.3. The zero-order chi connectivity index (χ0) is 15.6. The average molecular weight is 300 g/mol. The fraction of sp³-hybridized carbons (Fsp3) is 0.462. The Balaban J connectivity index is 3.25. The molecule has 0 heterocycles. The van der Waals surface area contributed by atoms with Crippen molar-refractivity contribution < 1.29 is 18.3 Å². The van der Waals surface area contributed by atoms with Crippen molar-refractivity contribution in [2.45, 2.75) is 44.0 Å². The number of benzene rings is 1. The molecule has 6 nitrogen and oxygen atoms in total. The van der Waals surface area contributed by atoms with E-state index in [1.165, 1.54) is 12.1 Å². The Labute approximate surface area is 119 Å². The molecular weight excluding hydrogens is 280 g/mol. The SMILES string of the molecule is CCCC(C)(C)Nc1ccc(S(N)(=O)=O)cc1C(=O)O. The number of sulfonamides is 1. The second-order valence-corrected chi connectivity index (χ2v) is 6.88. The Kier molecular flexibility index (Phi) is 4.77. The van der Waals surface area contributed by atoms with Crippen molar-refractivity contribution in [1.82, 2.24) is 0 Å². The minimum absolute atomic E-state index is 0.110. The number of carboxylic acid groups (broad SMARTS) is 1. The summed E-state index contributed by atoms with van der Waals surface area (Å²) in [5.74, 6) is -1.20. The zero-order valence-electron chi connectivity index (χ0n) is 11.8. The van der Waals surface area contributed by atoms with E-state index in [1.54, 1.807) is 0 Å². The van der Waals surface area contributed by atoms with Crippen LogP contribution in [0.3, 0.4) is 0 Å². The number of rotatable bonds is 6. The number of anilines is 1. The molecule has 0 unspecified atom stereocenters. The molecule has 0 aromatic heterocycles. The molecule has 0 aliphatic rings. The molecule has 0 radical (unpaired) electrons. The van der Waals surface area contributed by atoms with Crippen LogP contribution in [-0.2, 0) is 10.0 Å². The van der Waals surface area contributed by atoms with Crippen molar-refractivity contribution >= 4 is 21.7 Å². The number of nitrogens with two attached hydrogens (primary N) is 1. The fourth-order valence-corrected chi connectivity index (χ4v) is 2.58. The first-order valence-corrected chi connectivity index (χ1v) is 7.80. The highest BCUT2D eigenvalue weighted by molar-refractivity contribution is 7.89. The van der Waals surface area contributed by atoms with Gasteiger partial charge in [0.2, 0.25) is 10.0 Å². The molecular formula is C13H20N2O4S. The van der Waals surface area contributed by atoms with E-state index in [-0.39, 0.29) is 16.0 Å². The first-order chi connectivity index (χ1) is 9.07. The summed E-state index contributed by atoms with van der Waals surface area (Å²) in [5, 5.41) is 17.3. The molecule has 0 saturated carbocycles. The van der Waals surface area contributed by atoms with Crippen LogP contribution < -0.4 is 10.5 Å². The van der Waals surface area contributed by atoms with Crippen LogP contribution in [0.2, 0.25) is 0 Å². The van der Waals surface area contributed by atoms with E-state index in [4.69, 9.17) is 5.14 Å². The second-order valence-electron chi connectivity index (χ2n) is 5.32. The summed E-state index contributed by atoms with van der Waals surface area (Å²) in [5.41, 5.74) is -0.0220. The maximum Gasteiger partial charge on any atom is 0.337 e. The standard InChI is InChI=1S/C13H20N2O4S/c1-4-7-13(2,3)15-11-6-5-9(20(14,18)19)8-10(11)12(16)17/h5-6,8,15H,4,7H2,1-3H3,(H,16,17)(H2,14,18,19). The van der Waals surface area contributed by atoms with E-state index in [0.29, 0.717) is 5.69 Å². The number of nitrogens with one attached hydrogen (secondary N) is 1. The lowest BCUT2D eigenvalue weighted by Gasteiger charge is -2.28. The Bertz CT molecular complexity index is 609. The molecule has 0 spiro atoms. The molecule has 0 saturated heterocycles. The molecule has 0 fully saturated rings. The second kappa shape index (κ2) is 5.80. The van der Waals surface area contributed by atoms with Gasteiger partial charge in [0.25, 0.3) is 0 Å². The van der Waals surface area contributed by atoms with E-state index in [2.05, 4.69) is 5.32 Å². The number of hydrogen-bond acceptors (Lipinski definition) is 4. The first-order valence-electron chi connectivity index (χ1n) is 6.25. The van der Waals surface area contributed by atoms with E-state index in [0.717, 1.165) is 18.9 Å². The summed E-state index contributed by atoms with van der Waals surface area (Å²) in [6.07, 6.45) is 1.79. The van der Waals surface area contributed by atoms with Crippen molar-refractivity contribution in [1.29, 1.82) is 0 Å². The Morgan fingerprint density at radius 3 is 2.45 bits per heavy atom. The topological polar surface area (TPSA) is 109 Å². The van der Waals surface area contributed by atoms with Crippen LogP contribution in [0.25, 0.3) is 0 Å². The van der Waals surface area contributed by atoms with Crippen molar-refractivity contribution in [3.8, 4) is 0 Å². The summed E-state index contributed by atoms with van der Waals surface area (Å²) < 4.78 is 22.5. The molecule has 20 heavy (non-hydrogen) atoms. The highest BCUT2D eigenvalue weighted by Crippen LogP contribution is 2.25. The van der Waals surface area contributed by atoms with Crippen LogP contribution in [0.4, 0.5) is 5.69 Å². The van der Waals surface area contributed by atoms with Crippen molar-refractivity contribution in [3.63, 3.8) is 0 Å². The van der Waals surface area contributed by atoms with Gasteiger partial charge in [0.05, 0.1) is 10.5 Å². The molecule has 1 rings (SSSR count). The summed E-state index contributed by atoms with van der Waals surface area (Å²) in [7, 11) is -3.92. The van der Waals surface area contributed by atoms with Crippen LogP contribution in [-0.4, -0.2) is 25.0 Å². The smallest absolute Gasteiger partial charge is 0.337 e. The van der Waals surface area contributed by atoms with Crippen LogP contribution in [0.5, 0.6) is 0 Å². The molecule has 1 aromatic rings. The summed E-state index contributed by atoms with van der Waals surface area (Å²) >= 11 is 0. The monoisotopic (exact) mass is 300 g/mol. The predicted molar refractivity (Wildman–Crippen MR) is 77.4 cm³/mol. The predicted octanol–water partition coefficient (Wildman–Crippen LogP) is 2.02. The van der Waals surface area contributed by atoms with Crippen LogP contribution in [0, 0.1) is 0 Å². The molecule has 0 bridgehead atoms. The summed E-state index contributed by atoms with van der Waals surface area (Å²) in [6, 6.07) is 3.80. The van der Waals surface area contributed by atoms with Crippen molar-refractivity contribution in [3.05, 3.63) is 23.8 Å². The van der Waals surface area contributed by atoms with Gasteiger partial charge in [-0.3, -0.25) is 0 Å². The van der Waals surface area contributed by atoms with Gasteiger partial charge in [-0.1, -0.05) is 13.3 Å². The molecule has 0 amide bonds.